The Bertz CT molecular complexity index is 1060. The van der Waals surface area contributed by atoms with Crippen LogP contribution in [0.1, 0.15) is 68.7 Å². The van der Waals surface area contributed by atoms with Crippen molar-refractivity contribution in [2.45, 2.75) is 52.0 Å². The number of carbonyl (C=O) groups is 2. The maximum Gasteiger partial charge on any atom is 0.295 e. The summed E-state index contributed by atoms with van der Waals surface area (Å²) in [6.45, 7) is 6.59. The smallest absolute Gasteiger partial charge is 0.295 e. The van der Waals surface area contributed by atoms with Crippen molar-refractivity contribution in [3.8, 4) is 11.5 Å². The number of Topliss-reactive ketones (excluding diaryl/α,β-unsaturated/α-hetero) is 1. The van der Waals surface area contributed by atoms with E-state index < -0.39 is 17.7 Å². The summed E-state index contributed by atoms with van der Waals surface area (Å²) in [5.41, 5.74) is 2.23. The number of rotatable bonds is 9. The van der Waals surface area contributed by atoms with Crippen LogP contribution < -0.4 is 9.47 Å². The van der Waals surface area contributed by atoms with Gasteiger partial charge >= 0.3 is 0 Å². The van der Waals surface area contributed by atoms with Crippen molar-refractivity contribution >= 4 is 17.4 Å². The molecule has 33 heavy (non-hydrogen) atoms. The number of unbranched alkanes of at least 4 members (excludes halogenated alkanes) is 2. The van der Waals surface area contributed by atoms with E-state index in [2.05, 4.69) is 6.92 Å². The summed E-state index contributed by atoms with van der Waals surface area (Å²) >= 11 is 0. The Morgan fingerprint density at radius 3 is 2.45 bits per heavy atom. The van der Waals surface area contributed by atoms with Crippen molar-refractivity contribution in [2.75, 3.05) is 20.8 Å². The Hall–Kier alpha value is -3.28. The highest BCUT2D eigenvalue weighted by Crippen LogP contribution is 2.41. The molecule has 0 radical (unpaired) electrons. The van der Waals surface area contributed by atoms with Crippen molar-refractivity contribution in [1.82, 2.24) is 4.90 Å². The average molecular weight is 452 g/mol. The van der Waals surface area contributed by atoms with Crippen molar-refractivity contribution in [3.05, 3.63) is 64.7 Å². The van der Waals surface area contributed by atoms with E-state index in [0.717, 1.165) is 30.4 Å². The summed E-state index contributed by atoms with van der Waals surface area (Å²) in [5, 5.41) is 11.3. The molecule has 2 aromatic rings. The number of ether oxygens (including phenoxy) is 2. The van der Waals surface area contributed by atoms with E-state index in [4.69, 9.17) is 9.47 Å². The predicted octanol–water partition coefficient (Wildman–Crippen LogP) is 5.44. The van der Waals surface area contributed by atoms with Crippen LogP contribution in [-0.2, 0) is 9.59 Å². The van der Waals surface area contributed by atoms with Gasteiger partial charge in [0.15, 0.2) is 0 Å². The molecule has 1 amide bonds. The number of ketones is 1. The molecule has 3 rings (SSSR count). The summed E-state index contributed by atoms with van der Waals surface area (Å²) in [6, 6.07) is 11.9. The molecule has 6 heteroatoms. The Balaban J connectivity index is 2.17. The van der Waals surface area contributed by atoms with Gasteiger partial charge in [0.2, 0.25) is 0 Å². The largest absolute Gasteiger partial charge is 0.507 e. The third kappa shape index (κ3) is 4.90. The van der Waals surface area contributed by atoms with E-state index in [9.17, 15) is 14.7 Å². The number of likely N-dealkylation sites (tertiary alicyclic amines) is 1. The Morgan fingerprint density at radius 2 is 1.82 bits per heavy atom. The van der Waals surface area contributed by atoms with Gasteiger partial charge < -0.3 is 19.5 Å². The predicted molar refractivity (Wildman–Crippen MR) is 129 cm³/mol. The molecule has 0 bridgehead atoms. The van der Waals surface area contributed by atoms with Gasteiger partial charge in [-0.25, -0.2) is 0 Å². The van der Waals surface area contributed by atoms with E-state index >= 15 is 0 Å². The van der Waals surface area contributed by atoms with Gasteiger partial charge in [0, 0.05) is 12.1 Å². The second-order valence-corrected chi connectivity index (χ2v) is 8.59. The zero-order chi connectivity index (χ0) is 24.1. The van der Waals surface area contributed by atoms with Crippen LogP contribution in [0.4, 0.5) is 0 Å². The first-order valence-corrected chi connectivity index (χ1v) is 11.4. The number of carbonyl (C=O) groups excluding carboxylic acids is 2. The van der Waals surface area contributed by atoms with Crippen LogP contribution in [0.25, 0.3) is 5.76 Å². The lowest BCUT2D eigenvalue weighted by Gasteiger charge is -2.25. The third-order valence-electron chi connectivity index (χ3n) is 6.08. The highest BCUT2D eigenvalue weighted by molar-refractivity contribution is 6.46. The van der Waals surface area contributed by atoms with Gasteiger partial charge in [-0.1, -0.05) is 45.7 Å². The molecule has 1 atom stereocenters. The zero-order valence-electron chi connectivity index (χ0n) is 20.1. The van der Waals surface area contributed by atoms with Crippen molar-refractivity contribution in [3.63, 3.8) is 0 Å². The average Bonchev–Trinajstić information content (AvgIpc) is 3.08. The van der Waals surface area contributed by atoms with Gasteiger partial charge in [0.25, 0.3) is 11.7 Å². The fourth-order valence-corrected chi connectivity index (χ4v) is 4.29. The van der Waals surface area contributed by atoms with E-state index in [0.29, 0.717) is 23.6 Å². The molecule has 0 saturated carbocycles. The van der Waals surface area contributed by atoms with Crippen LogP contribution in [0.3, 0.4) is 0 Å². The summed E-state index contributed by atoms with van der Waals surface area (Å²) in [7, 11) is 3.17. The number of amides is 1. The number of aliphatic hydroxyl groups excluding tert-OH is 1. The van der Waals surface area contributed by atoms with Crippen molar-refractivity contribution < 1.29 is 24.2 Å². The maximum atomic E-state index is 13.2. The summed E-state index contributed by atoms with van der Waals surface area (Å²) in [4.78, 5) is 27.8. The van der Waals surface area contributed by atoms with Crippen LogP contribution in [0.2, 0.25) is 0 Å². The minimum absolute atomic E-state index is 0.102. The van der Waals surface area contributed by atoms with Gasteiger partial charge in [-0.05, 0) is 53.8 Å². The molecule has 1 unspecified atom stereocenters. The van der Waals surface area contributed by atoms with Crippen molar-refractivity contribution in [1.29, 1.82) is 0 Å². The third-order valence-corrected chi connectivity index (χ3v) is 6.08. The lowest BCUT2D eigenvalue weighted by atomic mass is 9.93. The SMILES string of the molecule is CCCCCN1C(=O)C(=O)/C(=C(\O)c2ccc(OC)c(C(C)C)c2)C1c1cccc(OC)c1. The molecule has 176 valence electrons. The summed E-state index contributed by atoms with van der Waals surface area (Å²) in [6.07, 6.45) is 2.73. The van der Waals surface area contributed by atoms with Gasteiger partial charge in [0.1, 0.15) is 17.3 Å². The fourth-order valence-electron chi connectivity index (χ4n) is 4.29. The molecule has 1 aliphatic heterocycles. The number of aliphatic hydroxyl groups is 1. The van der Waals surface area contributed by atoms with Gasteiger partial charge in [-0.15, -0.1) is 0 Å². The lowest BCUT2D eigenvalue weighted by Crippen LogP contribution is -2.30. The van der Waals surface area contributed by atoms with E-state index in [-0.39, 0.29) is 17.3 Å². The second kappa shape index (κ2) is 10.6. The quantitative estimate of drug-likeness (QED) is 0.238. The highest BCUT2D eigenvalue weighted by atomic mass is 16.5. The molecule has 1 aliphatic rings. The van der Waals surface area contributed by atoms with Crippen LogP contribution >= 0.6 is 0 Å². The minimum atomic E-state index is -0.679. The number of hydrogen-bond donors (Lipinski definition) is 1. The van der Waals surface area contributed by atoms with E-state index in [1.54, 1.807) is 31.3 Å². The monoisotopic (exact) mass is 451 g/mol. The summed E-state index contributed by atoms with van der Waals surface area (Å²) in [5.74, 6) is 0.0583. The van der Waals surface area contributed by atoms with Crippen molar-refractivity contribution in [2.24, 2.45) is 0 Å². The first kappa shape index (κ1) is 24.4. The van der Waals surface area contributed by atoms with Crippen LogP contribution in [0, 0.1) is 0 Å². The first-order chi connectivity index (χ1) is 15.8. The number of methoxy groups -OCH3 is 2. The fraction of sp³-hybridized carbons (Fsp3) is 0.407. The normalized spacial score (nSPS) is 17.6. The lowest BCUT2D eigenvalue weighted by molar-refractivity contribution is -0.139. The van der Waals surface area contributed by atoms with Crippen LogP contribution in [0.15, 0.2) is 48.0 Å². The summed E-state index contributed by atoms with van der Waals surface area (Å²) < 4.78 is 10.8. The molecule has 1 heterocycles. The molecule has 0 aliphatic carbocycles. The molecular formula is C27H33NO5. The maximum absolute atomic E-state index is 13.2. The van der Waals surface area contributed by atoms with E-state index in [1.807, 2.05) is 44.2 Å². The zero-order valence-corrected chi connectivity index (χ0v) is 20.1. The van der Waals surface area contributed by atoms with Crippen LogP contribution in [-0.4, -0.2) is 42.5 Å². The second-order valence-electron chi connectivity index (χ2n) is 8.59. The first-order valence-electron chi connectivity index (χ1n) is 11.4. The minimum Gasteiger partial charge on any atom is -0.507 e. The molecule has 2 aromatic carbocycles. The molecule has 1 N–H and O–H groups in total. The van der Waals surface area contributed by atoms with Gasteiger partial charge in [0.05, 0.1) is 25.8 Å². The Labute approximate surface area is 195 Å². The molecule has 0 spiro atoms. The molecule has 6 nitrogen and oxygen atoms in total. The van der Waals surface area contributed by atoms with E-state index in [1.165, 1.54) is 0 Å². The Kier molecular flexibility index (Phi) is 7.79. The molecule has 1 saturated heterocycles. The van der Waals surface area contributed by atoms with Crippen LogP contribution in [0.5, 0.6) is 11.5 Å². The molecular weight excluding hydrogens is 418 g/mol. The van der Waals surface area contributed by atoms with Gasteiger partial charge in [-0.2, -0.15) is 0 Å². The Morgan fingerprint density at radius 1 is 1.06 bits per heavy atom. The topological polar surface area (TPSA) is 76.1 Å². The van der Waals surface area contributed by atoms with Gasteiger partial charge in [-0.3, -0.25) is 9.59 Å². The number of benzene rings is 2. The number of hydrogen-bond acceptors (Lipinski definition) is 5. The molecule has 0 aromatic heterocycles. The highest BCUT2D eigenvalue weighted by Gasteiger charge is 2.45. The standard InChI is InChI=1S/C27H33NO5/c1-6-7-8-14-28-24(18-10-9-11-20(15-18)32-4)23(26(30)27(28)31)25(29)19-12-13-22(33-5)21(16-19)17(2)3/h9-13,15-17,24,29H,6-8,14H2,1-5H3/b25-23-. The molecule has 1 fully saturated rings. The number of nitrogens with zero attached hydrogens (tertiary/aromatic N) is 1.